The lowest BCUT2D eigenvalue weighted by atomic mass is 10.1. The van der Waals surface area contributed by atoms with Gasteiger partial charge in [0.1, 0.15) is 10.8 Å². The fourth-order valence-electron chi connectivity index (χ4n) is 2.77. The number of rotatable bonds is 7. The highest BCUT2D eigenvalue weighted by molar-refractivity contribution is 6.30. The van der Waals surface area contributed by atoms with Crippen molar-refractivity contribution in [3.05, 3.63) is 58.8 Å². The summed E-state index contributed by atoms with van der Waals surface area (Å²) in [4.78, 5) is 15.6. The summed E-state index contributed by atoms with van der Waals surface area (Å²) in [7, 11) is 1.98. The average Bonchev–Trinajstić information content (AvgIpc) is 3.10. The first-order valence-corrected chi connectivity index (χ1v) is 9.53. The predicted octanol–water partition coefficient (Wildman–Crippen LogP) is 4.92. The van der Waals surface area contributed by atoms with Gasteiger partial charge in [-0.3, -0.25) is 5.10 Å². The predicted molar refractivity (Wildman–Crippen MR) is 114 cm³/mol. The van der Waals surface area contributed by atoms with Gasteiger partial charge in [0, 0.05) is 30.6 Å². The van der Waals surface area contributed by atoms with Crippen LogP contribution in [0.2, 0.25) is 5.15 Å². The van der Waals surface area contributed by atoms with Gasteiger partial charge >= 0.3 is 0 Å². The maximum Gasteiger partial charge on any atom is 0.157 e. The number of aromatic amines is 1. The average molecular weight is 398 g/mol. The Bertz CT molecular complexity index is 967. The van der Waals surface area contributed by atoms with E-state index in [-0.39, 0.29) is 6.04 Å². The molecule has 0 aliphatic heterocycles. The number of allylic oxidation sites excluding steroid dienone is 1. The summed E-state index contributed by atoms with van der Waals surface area (Å²) in [5, 5.41) is 10.8. The summed E-state index contributed by atoms with van der Waals surface area (Å²) < 4.78 is 0. The zero-order valence-corrected chi connectivity index (χ0v) is 17.2. The van der Waals surface area contributed by atoms with Gasteiger partial charge in [-0.25, -0.2) is 15.0 Å². The number of halogens is 1. The molecule has 0 spiro atoms. The van der Waals surface area contributed by atoms with Crippen LogP contribution in [-0.2, 0) is 0 Å². The lowest BCUT2D eigenvalue weighted by molar-refractivity contribution is 0.722. The SMILES string of the molecule is CC/C=C/c1ncc(Nc2cc(C)[nH]n2)nc1N(C)C(C)c1cccnc1Cl. The fraction of sp³-hybridized carbons (Fsp3) is 0.300. The van der Waals surface area contributed by atoms with E-state index in [0.717, 1.165) is 29.2 Å². The van der Waals surface area contributed by atoms with Crippen molar-refractivity contribution in [2.75, 3.05) is 17.3 Å². The summed E-state index contributed by atoms with van der Waals surface area (Å²) in [5.41, 5.74) is 2.69. The molecule has 146 valence electrons. The standard InChI is InChI=1S/C20H24ClN7/c1-5-6-9-16-20(28(4)14(3)15-8-7-10-22-19(15)21)25-18(12-23-16)24-17-11-13(2)26-27-17/h6-12,14H,5H2,1-4H3,(H2,24,25,26,27)/b9-6+. The highest BCUT2D eigenvalue weighted by Crippen LogP contribution is 2.30. The highest BCUT2D eigenvalue weighted by atomic mass is 35.5. The van der Waals surface area contributed by atoms with Gasteiger partial charge in [-0.15, -0.1) is 0 Å². The summed E-state index contributed by atoms with van der Waals surface area (Å²) in [6, 6.07) is 5.73. The van der Waals surface area contributed by atoms with Gasteiger partial charge in [-0.1, -0.05) is 30.7 Å². The molecule has 28 heavy (non-hydrogen) atoms. The minimum atomic E-state index is -0.0350. The molecule has 3 rings (SSSR count). The fourth-order valence-corrected chi connectivity index (χ4v) is 3.05. The van der Waals surface area contributed by atoms with E-state index in [9.17, 15) is 0 Å². The Morgan fingerprint density at radius 1 is 1.32 bits per heavy atom. The van der Waals surface area contributed by atoms with Crippen molar-refractivity contribution in [1.82, 2.24) is 25.1 Å². The van der Waals surface area contributed by atoms with Gasteiger partial charge in [0.2, 0.25) is 0 Å². The number of hydrogen-bond donors (Lipinski definition) is 2. The Kier molecular flexibility index (Phi) is 6.26. The molecular formula is C20H24ClN7. The molecule has 1 unspecified atom stereocenters. The molecule has 1 atom stereocenters. The number of aryl methyl sites for hydroxylation is 1. The van der Waals surface area contributed by atoms with Crippen molar-refractivity contribution in [2.24, 2.45) is 0 Å². The number of aromatic nitrogens is 5. The van der Waals surface area contributed by atoms with Crippen LogP contribution in [0.5, 0.6) is 0 Å². The molecule has 0 saturated carbocycles. The van der Waals surface area contributed by atoms with Crippen LogP contribution in [-0.4, -0.2) is 32.2 Å². The molecule has 0 radical (unpaired) electrons. The minimum Gasteiger partial charge on any atom is -0.351 e. The van der Waals surface area contributed by atoms with E-state index in [1.165, 1.54) is 0 Å². The van der Waals surface area contributed by atoms with E-state index in [1.54, 1.807) is 12.4 Å². The van der Waals surface area contributed by atoms with Crippen molar-refractivity contribution in [1.29, 1.82) is 0 Å². The van der Waals surface area contributed by atoms with E-state index in [1.807, 2.05) is 43.1 Å². The smallest absolute Gasteiger partial charge is 0.157 e. The Balaban J connectivity index is 1.96. The molecule has 0 aliphatic rings. The molecule has 3 aromatic heterocycles. The van der Waals surface area contributed by atoms with Gasteiger partial charge in [-0.2, -0.15) is 5.10 Å². The van der Waals surface area contributed by atoms with Crippen LogP contribution in [0.3, 0.4) is 0 Å². The second kappa shape index (κ2) is 8.84. The molecular weight excluding hydrogens is 374 g/mol. The van der Waals surface area contributed by atoms with Crippen LogP contribution in [0.4, 0.5) is 17.5 Å². The zero-order valence-electron chi connectivity index (χ0n) is 16.4. The third-order valence-corrected chi connectivity index (χ3v) is 4.72. The molecule has 8 heteroatoms. The summed E-state index contributed by atoms with van der Waals surface area (Å²) in [6.45, 7) is 6.09. The number of pyridine rings is 1. The van der Waals surface area contributed by atoms with Gasteiger partial charge in [-0.05, 0) is 32.4 Å². The normalized spacial score (nSPS) is 12.3. The van der Waals surface area contributed by atoms with Crippen LogP contribution in [0.1, 0.15) is 43.3 Å². The molecule has 3 aromatic rings. The van der Waals surface area contributed by atoms with Crippen molar-refractivity contribution in [3.63, 3.8) is 0 Å². The third-order valence-electron chi connectivity index (χ3n) is 4.41. The molecule has 0 saturated heterocycles. The number of hydrogen-bond acceptors (Lipinski definition) is 6. The Morgan fingerprint density at radius 3 is 2.82 bits per heavy atom. The highest BCUT2D eigenvalue weighted by Gasteiger charge is 2.20. The quantitative estimate of drug-likeness (QED) is 0.550. The van der Waals surface area contributed by atoms with Gasteiger partial charge in [0.05, 0.1) is 12.2 Å². The summed E-state index contributed by atoms with van der Waals surface area (Å²) >= 11 is 6.30. The molecule has 7 nitrogen and oxygen atoms in total. The van der Waals surface area contributed by atoms with Gasteiger partial charge < -0.3 is 10.2 Å². The van der Waals surface area contributed by atoms with Crippen molar-refractivity contribution in [3.8, 4) is 0 Å². The topological polar surface area (TPSA) is 82.6 Å². The van der Waals surface area contributed by atoms with Crippen LogP contribution in [0.25, 0.3) is 6.08 Å². The van der Waals surface area contributed by atoms with Crippen molar-refractivity contribution >= 4 is 35.1 Å². The van der Waals surface area contributed by atoms with Crippen LogP contribution in [0.15, 0.2) is 36.7 Å². The molecule has 0 fully saturated rings. The molecule has 0 aromatic carbocycles. The van der Waals surface area contributed by atoms with Crippen molar-refractivity contribution in [2.45, 2.75) is 33.2 Å². The van der Waals surface area contributed by atoms with Crippen LogP contribution >= 0.6 is 11.6 Å². The molecule has 2 N–H and O–H groups in total. The second-order valence-electron chi connectivity index (χ2n) is 6.51. The molecule has 0 aliphatic carbocycles. The zero-order chi connectivity index (χ0) is 20.1. The van der Waals surface area contributed by atoms with E-state index in [4.69, 9.17) is 16.6 Å². The second-order valence-corrected chi connectivity index (χ2v) is 6.86. The Hall–Kier alpha value is -2.93. The summed E-state index contributed by atoms with van der Waals surface area (Å²) in [6.07, 6.45) is 8.36. The lowest BCUT2D eigenvalue weighted by Crippen LogP contribution is -2.24. The van der Waals surface area contributed by atoms with E-state index < -0.39 is 0 Å². The van der Waals surface area contributed by atoms with Crippen molar-refractivity contribution < 1.29 is 0 Å². The Morgan fingerprint density at radius 2 is 2.14 bits per heavy atom. The largest absolute Gasteiger partial charge is 0.351 e. The monoisotopic (exact) mass is 397 g/mol. The van der Waals surface area contributed by atoms with Gasteiger partial charge in [0.15, 0.2) is 17.5 Å². The van der Waals surface area contributed by atoms with Crippen LogP contribution < -0.4 is 10.2 Å². The lowest BCUT2D eigenvalue weighted by Gasteiger charge is -2.28. The van der Waals surface area contributed by atoms with Crippen LogP contribution in [0, 0.1) is 6.92 Å². The number of H-pyrrole nitrogens is 1. The first-order chi connectivity index (χ1) is 13.5. The first kappa shape index (κ1) is 19.8. The maximum absolute atomic E-state index is 6.30. The number of anilines is 3. The first-order valence-electron chi connectivity index (χ1n) is 9.15. The summed E-state index contributed by atoms with van der Waals surface area (Å²) in [5.74, 6) is 2.06. The third kappa shape index (κ3) is 4.48. The minimum absolute atomic E-state index is 0.0350. The number of nitrogens with one attached hydrogen (secondary N) is 2. The van der Waals surface area contributed by atoms with E-state index >= 15 is 0 Å². The Labute approximate surface area is 169 Å². The molecule has 0 bridgehead atoms. The van der Waals surface area contributed by atoms with E-state index in [2.05, 4.69) is 45.4 Å². The molecule has 3 heterocycles. The maximum atomic E-state index is 6.30. The van der Waals surface area contributed by atoms with E-state index in [0.29, 0.717) is 16.8 Å². The molecule has 0 amide bonds. The van der Waals surface area contributed by atoms with Gasteiger partial charge in [0.25, 0.3) is 0 Å². The number of nitrogens with zero attached hydrogens (tertiary/aromatic N) is 5.